The standard InChI is InChI=1S/C4H11Si.Y/c1-5(2,3)4;/h1H2,2-4H3;/q-1;. The van der Waals surface area contributed by atoms with Crippen molar-refractivity contribution in [3.8, 4) is 0 Å². The van der Waals surface area contributed by atoms with Gasteiger partial charge >= 0.3 is 0 Å². The molecule has 0 aliphatic heterocycles. The first-order chi connectivity index (χ1) is 2.00. The van der Waals surface area contributed by atoms with E-state index in [-0.39, 0.29) is 32.7 Å². The van der Waals surface area contributed by atoms with Gasteiger partial charge in [-0.25, -0.2) is 0 Å². The van der Waals surface area contributed by atoms with Gasteiger partial charge in [-0.1, -0.05) is 19.6 Å². The Kier molecular flexibility index (Phi) is 5.75. The van der Waals surface area contributed by atoms with Crippen molar-refractivity contribution in [2.75, 3.05) is 0 Å². The number of hydrogen-bond acceptors (Lipinski definition) is 0. The van der Waals surface area contributed by atoms with E-state index in [1.807, 2.05) is 0 Å². The molecule has 2 heteroatoms. The second-order valence-corrected chi connectivity index (χ2v) is 7.68. The van der Waals surface area contributed by atoms with Crippen LogP contribution in [0.25, 0.3) is 0 Å². The van der Waals surface area contributed by atoms with E-state index >= 15 is 0 Å². The average molecular weight is 176 g/mol. The molecule has 35 valence electrons. The summed E-state index contributed by atoms with van der Waals surface area (Å²) < 4.78 is 0. The Bertz CT molecular complexity index is 23.0. The maximum absolute atomic E-state index is 3.91. The third kappa shape index (κ3) is 56.9. The molecule has 0 unspecified atom stereocenters. The van der Waals surface area contributed by atoms with Gasteiger partial charge < -0.3 is 6.55 Å². The van der Waals surface area contributed by atoms with E-state index in [2.05, 4.69) is 26.2 Å². The zero-order valence-corrected chi connectivity index (χ0v) is 8.62. The largest absolute Gasteiger partial charge is 0.342 e. The van der Waals surface area contributed by atoms with Gasteiger partial charge in [-0.3, -0.25) is 0 Å². The molecule has 0 amide bonds. The first kappa shape index (κ1) is 10.3. The summed E-state index contributed by atoms with van der Waals surface area (Å²) in [6.07, 6.45) is 0. The van der Waals surface area contributed by atoms with E-state index in [4.69, 9.17) is 0 Å². The van der Waals surface area contributed by atoms with Crippen molar-refractivity contribution in [2.45, 2.75) is 19.6 Å². The summed E-state index contributed by atoms with van der Waals surface area (Å²) in [7, 11) is -0.861. The first-order valence-electron chi connectivity index (χ1n) is 1.85. The normalized spacial score (nSPS) is 10.0. The summed E-state index contributed by atoms with van der Waals surface area (Å²) in [5.74, 6) is 0. The molecule has 0 aliphatic carbocycles. The van der Waals surface area contributed by atoms with Crippen molar-refractivity contribution in [3.63, 3.8) is 0 Å². The Balaban J connectivity index is 0. The van der Waals surface area contributed by atoms with E-state index < -0.39 is 8.07 Å². The van der Waals surface area contributed by atoms with E-state index in [1.165, 1.54) is 0 Å². The van der Waals surface area contributed by atoms with Crippen molar-refractivity contribution >= 4 is 8.07 Å². The molecule has 1 radical (unpaired) electrons. The van der Waals surface area contributed by atoms with Crippen LogP contribution < -0.4 is 0 Å². The summed E-state index contributed by atoms with van der Waals surface area (Å²) in [6, 6.07) is 0. The minimum Gasteiger partial charge on any atom is -0.342 e. The van der Waals surface area contributed by atoms with Crippen molar-refractivity contribution < 1.29 is 32.7 Å². The molecule has 0 N–H and O–H groups in total. The topological polar surface area (TPSA) is 0 Å². The van der Waals surface area contributed by atoms with Crippen LogP contribution in [0.3, 0.4) is 0 Å². The van der Waals surface area contributed by atoms with Gasteiger partial charge in [-0.05, 0) is 0 Å². The number of rotatable bonds is 0. The fourth-order valence-corrected chi connectivity index (χ4v) is 0. The minimum absolute atomic E-state index is 0. The Hall–Kier alpha value is 1.32. The predicted octanol–water partition coefficient (Wildman–Crippen LogP) is 1.70. The third-order valence-corrected chi connectivity index (χ3v) is 0. The molecule has 0 bridgehead atoms. The van der Waals surface area contributed by atoms with Gasteiger partial charge in [0.1, 0.15) is 0 Å². The van der Waals surface area contributed by atoms with Crippen molar-refractivity contribution in [1.82, 2.24) is 0 Å². The van der Waals surface area contributed by atoms with Crippen LogP contribution in [0, 0.1) is 6.55 Å². The molecule has 0 fully saturated rings. The van der Waals surface area contributed by atoms with Gasteiger partial charge in [0.15, 0.2) is 0 Å². The Morgan fingerprint density at radius 3 is 1.17 bits per heavy atom. The van der Waals surface area contributed by atoms with Gasteiger partial charge in [0.25, 0.3) is 0 Å². The molecule has 0 saturated carbocycles. The van der Waals surface area contributed by atoms with Crippen LogP contribution >= 0.6 is 0 Å². The van der Waals surface area contributed by atoms with Crippen LogP contribution in [0.1, 0.15) is 0 Å². The summed E-state index contributed by atoms with van der Waals surface area (Å²) >= 11 is 0. The van der Waals surface area contributed by atoms with E-state index in [0.717, 1.165) is 0 Å². The smallest absolute Gasteiger partial charge is 0 e. The van der Waals surface area contributed by atoms with Crippen LogP contribution in [-0.4, -0.2) is 8.07 Å². The SMILES string of the molecule is [CH2-][Si](C)(C)C.[Y]. The Morgan fingerprint density at radius 2 is 1.17 bits per heavy atom. The molecule has 0 aromatic rings. The molecule has 0 atom stereocenters. The molecule has 0 heterocycles. The van der Waals surface area contributed by atoms with Crippen LogP contribution in [-0.2, 0) is 32.7 Å². The molecule has 0 nitrogen and oxygen atoms in total. The van der Waals surface area contributed by atoms with E-state index in [0.29, 0.717) is 0 Å². The Labute approximate surface area is 66.6 Å². The molecular weight excluding hydrogens is 165 g/mol. The summed E-state index contributed by atoms with van der Waals surface area (Å²) in [4.78, 5) is 0. The zero-order chi connectivity index (χ0) is 4.50. The monoisotopic (exact) mass is 176 g/mol. The number of hydrogen-bond donors (Lipinski definition) is 0. The molecular formula is C4H11SiY-. The van der Waals surface area contributed by atoms with Crippen molar-refractivity contribution in [2.24, 2.45) is 0 Å². The zero-order valence-electron chi connectivity index (χ0n) is 4.78. The fourth-order valence-electron chi connectivity index (χ4n) is 0. The molecule has 0 spiro atoms. The third-order valence-electron chi connectivity index (χ3n) is 0. The summed E-state index contributed by atoms with van der Waals surface area (Å²) in [6.45, 7) is 10.6. The van der Waals surface area contributed by atoms with Gasteiger partial charge in [0, 0.05) is 32.7 Å². The van der Waals surface area contributed by atoms with E-state index in [1.54, 1.807) is 0 Å². The fraction of sp³-hybridized carbons (Fsp3) is 0.750. The Morgan fingerprint density at radius 1 is 1.17 bits per heavy atom. The van der Waals surface area contributed by atoms with Crippen LogP contribution in [0.2, 0.25) is 19.6 Å². The molecule has 0 aromatic carbocycles. The quantitative estimate of drug-likeness (QED) is 0.389. The van der Waals surface area contributed by atoms with Crippen LogP contribution in [0.15, 0.2) is 0 Å². The molecule has 6 heavy (non-hydrogen) atoms. The van der Waals surface area contributed by atoms with Crippen molar-refractivity contribution in [3.05, 3.63) is 6.55 Å². The molecule has 0 rings (SSSR count). The van der Waals surface area contributed by atoms with Crippen molar-refractivity contribution in [1.29, 1.82) is 0 Å². The molecule has 0 aliphatic rings. The summed E-state index contributed by atoms with van der Waals surface area (Å²) in [5.41, 5.74) is 0. The van der Waals surface area contributed by atoms with E-state index in [9.17, 15) is 0 Å². The predicted molar refractivity (Wildman–Crippen MR) is 28.7 cm³/mol. The maximum Gasteiger partial charge on any atom is 0 e. The average Bonchev–Trinajstić information content (AvgIpc) is 0.722. The maximum atomic E-state index is 3.91. The van der Waals surface area contributed by atoms with Crippen LogP contribution in [0.5, 0.6) is 0 Å². The second kappa shape index (κ2) is 3.34. The summed E-state index contributed by atoms with van der Waals surface area (Å²) in [5, 5.41) is 0. The molecule has 0 saturated heterocycles. The van der Waals surface area contributed by atoms with Gasteiger partial charge in [0.2, 0.25) is 0 Å². The van der Waals surface area contributed by atoms with Gasteiger partial charge in [-0.2, -0.15) is 0 Å². The first-order valence-corrected chi connectivity index (χ1v) is 5.56. The second-order valence-electron chi connectivity index (χ2n) is 2.56. The molecule has 0 aromatic heterocycles. The van der Waals surface area contributed by atoms with Gasteiger partial charge in [-0.15, -0.1) is 8.07 Å². The minimum atomic E-state index is -0.861. The van der Waals surface area contributed by atoms with Gasteiger partial charge in [0.05, 0.1) is 0 Å². The van der Waals surface area contributed by atoms with Crippen LogP contribution in [0.4, 0.5) is 0 Å².